The number of carbonyl (C=O) groups is 1. The van der Waals surface area contributed by atoms with Gasteiger partial charge in [0.05, 0.1) is 12.4 Å². The van der Waals surface area contributed by atoms with E-state index in [9.17, 15) is 9.90 Å². The van der Waals surface area contributed by atoms with Gasteiger partial charge >= 0.3 is 0 Å². The summed E-state index contributed by atoms with van der Waals surface area (Å²) in [6.45, 7) is 5.56. The molecular weight excluding hydrogens is 284 g/mol. The van der Waals surface area contributed by atoms with E-state index in [1.807, 2.05) is 35.2 Å². The third kappa shape index (κ3) is 4.73. The van der Waals surface area contributed by atoms with Gasteiger partial charge in [0.2, 0.25) is 5.91 Å². The summed E-state index contributed by atoms with van der Waals surface area (Å²) < 4.78 is 0. The number of hydrogen-bond acceptors (Lipinski definition) is 4. The van der Waals surface area contributed by atoms with Gasteiger partial charge in [0.25, 0.3) is 0 Å². The Morgan fingerprint density at radius 2 is 1.90 bits per heavy atom. The Morgan fingerprint density at radius 1 is 1.24 bits per heavy atom. The van der Waals surface area contributed by atoms with Gasteiger partial charge < -0.3 is 10.0 Å². The van der Waals surface area contributed by atoms with Gasteiger partial charge in [-0.3, -0.25) is 9.69 Å². The summed E-state index contributed by atoms with van der Waals surface area (Å²) in [5, 5.41) is 9.34. The van der Waals surface area contributed by atoms with Crippen LogP contribution in [0.25, 0.3) is 0 Å². The summed E-state index contributed by atoms with van der Waals surface area (Å²) in [5.74, 6) is 0.710. The molecule has 1 amide bonds. The van der Waals surface area contributed by atoms with E-state index in [0.717, 1.165) is 37.5 Å². The normalized spacial score (nSPS) is 17.7. The number of amides is 1. The lowest BCUT2D eigenvalue weighted by Gasteiger charge is -2.38. The first-order valence-corrected chi connectivity index (χ1v) is 8.53. The quantitative estimate of drug-likeness (QED) is 0.812. The molecule has 1 N–H and O–H groups in total. The Bertz CT molecular complexity index is 429. The fraction of sp³-hybridized carbons (Fsp3) is 0.562. The fourth-order valence-corrected chi connectivity index (χ4v) is 3.41. The van der Waals surface area contributed by atoms with Crippen LogP contribution in [0.5, 0.6) is 0 Å². The average molecular weight is 308 g/mol. The molecule has 5 heteroatoms. The van der Waals surface area contributed by atoms with Crippen LogP contribution in [0.2, 0.25) is 0 Å². The van der Waals surface area contributed by atoms with Crippen molar-refractivity contribution >= 4 is 17.7 Å². The summed E-state index contributed by atoms with van der Waals surface area (Å²) in [6, 6.07) is 10.3. The first-order chi connectivity index (χ1) is 10.2. The smallest absolute Gasteiger partial charge is 0.233 e. The zero-order chi connectivity index (χ0) is 15.1. The predicted molar refractivity (Wildman–Crippen MR) is 86.5 cm³/mol. The third-order valence-corrected chi connectivity index (χ3v) is 4.97. The van der Waals surface area contributed by atoms with E-state index < -0.39 is 0 Å². The largest absolute Gasteiger partial charge is 0.395 e. The molecule has 21 heavy (non-hydrogen) atoms. The molecule has 1 aliphatic rings. The third-order valence-electron chi connectivity index (χ3n) is 3.97. The lowest BCUT2D eigenvalue weighted by molar-refractivity contribution is -0.130. The Labute approximate surface area is 131 Å². The van der Waals surface area contributed by atoms with Crippen molar-refractivity contribution in [3.05, 3.63) is 30.3 Å². The van der Waals surface area contributed by atoms with Gasteiger partial charge in [-0.2, -0.15) is 0 Å². The second-order valence-corrected chi connectivity index (χ2v) is 6.31. The molecule has 1 aliphatic heterocycles. The molecule has 1 saturated heterocycles. The van der Waals surface area contributed by atoms with Crippen molar-refractivity contribution in [1.82, 2.24) is 9.80 Å². The number of benzene rings is 1. The molecule has 1 atom stereocenters. The number of hydrogen-bond donors (Lipinski definition) is 1. The summed E-state index contributed by atoms with van der Waals surface area (Å²) >= 11 is 1.59. The van der Waals surface area contributed by atoms with Crippen molar-refractivity contribution in [2.75, 3.05) is 38.5 Å². The number of piperazine rings is 1. The van der Waals surface area contributed by atoms with E-state index in [-0.39, 0.29) is 18.6 Å². The van der Waals surface area contributed by atoms with Gasteiger partial charge in [0, 0.05) is 37.1 Å². The molecule has 0 aromatic heterocycles. The molecule has 4 nitrogen and oxygen atoms in total. The summed E-state index contributed by atoms with van der Waals surface area (Å²) in [5.41, 5.74) is 0. The van der Waals surface area contributed by atoms with Crippen molar-refractivity contribution in [1.29, 1.82) is 0 Å². The molecule has 1 aromatic rings. The number of thioether (sulfide) groups is 1. The second kappa shape index (κ2) is 8.41. The molecule has 2 rings (SSSR count). The van der Waals surface area contributed by atoms with Crippen LogP contribution in [0, 0.1) is 0 Å². The summed E-state index contributed by atoms with van der Waals surface area (Å²) in [4.78, 5) is 17.6. The van der Waals surface area contributed by atoms with Gasteiger partial charge in [-0.05, 0) is 18.6 Å². The van der Waals surface area contributed by atoms with Crippen molar-refractivity contribution in [3.63, 3.8) is 0 Å². The average Bonchev–Trinajstić information content (AvgIpc) is 2.55. The maximum Gasteiger partial charge on any atom is 0.233 e. The zero-order valence-corrected chi connectivity index (χ0v) is 13.4. The van der Waals surface area contributed by atoms with Crippen molar-refractivity contribution in [3.8, 4) is 0 Å². The van der Waals surface area contributed by atoms with Crippen LogP contribution in [-0.2, 0) is 4.79 Å². The Morgan fingerprint density at radius 3 is 2.48 bits per heavy atom. The first kappa shape index (κ1) is 16.3. The minimum atomic E-state index is 0.203. The van der Waals surface area contributed by atoms with Gasteiger partial charge in [-0.25, -0.2) is 0 Å². The van der Waals surface area contributed by atoms with Crippen molar-refractivity contribution in [2.24, 2.45) is 0 Å². The second-order valence-electron chi connectivity index (χ2n) is 5.26. The van der Waals surface area contributed by atoms with Crippen molar-refractivity contribution in [2.45, 2.75) is 24.3 Å². The number of aliphatic hydroxyl groups excluding tert-OH is 1. The molecule has 1 aromatic carbocycles. The Kier molecular flexibility index (Phi) is 6.54. The molecule has 0 bridgehead atoms. The molecule has 1 fully saturated rings. The lowest BCUT2D eigenvalue weighted by Crippen LogP contribution is -2.53. The van der Waals surface area contributed by atoms with Crippen LogP contribution in [-0.4, -0.2) is 65.4 Å². The molecule has 116 valence electrons. The molecular formula is C16H24N2O2S. The number of aliphatic hydroxyl groups is 1. The van der Waals surface area contributed by atoms with E-state index in [4.69, 9.17) is 0 Å². The SMILES string of the molecule is CCC(CO)N1CCN(C(=O)CSc2ccccc2)CC1. The minimum absolute atomic E-state index is 0.203. The number of nitrogens with zero attached hydrogens (tertiary/aromatic N) is 2. The first-order valence-electron chi connectivity index (χ1n) is 7.55. The fourth-order valence-electron chi connectivity index (χ4n) is 2.59. The zero-order valence-electron chi connectivity index (χ0n) is 12.6. The Balaban J connectivity index is 1.75. The standard InChI is InChI=1S/C16H24N2O2S/c1-2-14(12-19)17-8-10-18(11-9-17)16(20)13-21-15-6-4-3-5-7-15/h3-7,14,19H,2,8-13H2,1H3. The number of rotatable bonds is 6. The highest BCUT2D eigenvalue weighted by Crippen LogP contribution is 2.18. The van der Waals surface area contributed by atoms with E-state index in [1.54, 1.807) is 11.8 Å². The van der Waals surface area contributed by atoms with Crippen LogP contribution in [0.1, 0.15) is 13.3 Å². The lowest BCUT2D eigenvalue weighted by atomic mass is 10.1. The van der Waals surface area contributed by atoms with Gasteiger partial charge in [0.1, 0.15) is 0 Å². The minimum Gasteiger partial charge on any atom is -0.395 e. The highest BCUT2D eigenvalue weighted by atomic mass is 32.2. The van der Waals surface area contributed by atoms with E-state index in [0.29, 0.717) is 5.75 Å². The van der Waals surface area contributed by atoms with Gasteiger partial charge in [-0.15, -0.1) is 11.8 Å². The van der Waals surface area contributed by atoms with Crippen LogP contribution < -0.4 is 0 Å². The molecule has 0 aliphatic carbocycles. The Hall–Kier alpha value is -1.04. The highest BCUT2D eigenvalue weighted by molar-refractivity contribution is 8.00. The van der Waals surface area contributed by atoms with Crippen LogP contribution in [0.3, 0.4) is 0 Å². The molecule has 0 radical (unpaired) electrons. The molecule has 1 heterocycles. The number of carbonyl (C=O) groups excluding carboxylic acids is 1. The topological polar surface area (TPSA) is 43.8 Å². The monoisotopic (exact) mass is 308 g/mol. The van der Waals surface area contributed by atoms with Crippen LogP contribution in [0.15, 0.2) is 35.2 Å². The molecule has 0 saturated carbocycles. The van der Waals surface area contributed by atoms with Crippen LogP contribution in [0.4, 0.5) is 0 Å². The van der Waals surface area contributed by atoms with E-state index in [2.05, 4.69) is 11.8 Å². The maximum atomic E-state index is 12.2. The van der Waals surface area contributed by atoms with Gasteiger partial charge in [0.15, 0.2) is 0 Å². The molecule has 0 spiro atoms. The highest BCUT2D eigenvalue weighted by Gasteiger charge is 2.24. The predicted octanol–water partition coefficient (Wildman–Crippen LogP) is 1.69. The maximum absolute atomic E-state index is 12.2. The van der Waals surface area contributed by atoms with E-state index in [1.165, 1.54) is 0 Å². The van der Waals surface area contributed by atoms with Crippen molar-refractivity contribution < 1.29 is 9.90 Å². The summed E-state index contributed by atoms with van der Waals surface area (Å²) in [6.07, 6.45) is 0.953. The van der Waals surface area contributed by atoms with Gasteiger partial charge in [-0.1, -0.05) is 25.1 Å². The van der Waals surface area contributed by atoms with Crippen LogP contribution >= 0.6 is 11.8 Å². The van der Waals surface area contributed by atoms with E-state index >= 15 is 0 Å². The summed E-state index contributed by atoms with van der Waals surface area (Å²) in [7, 11) is 0. The molecule has 1 unspecified atom stereocenters.